The molecular weight excluding hydrogens is 446 g/mol. The van der Waals surface area contributed by atoms with Gasteiger partial charge in [-0.1, -0.05) is 49.1 Å². The molecule has 3 aromatic rings. The normalized spacial score (nSPS) is 17.9. The van der Waals surface area contributed by atoms with Crippen LogP contribution in [0.5, 0.6) is 5.88 Å². The topological polar surface area (TPSA) is 117 Å². The van der Waals surface area contributed by atoms with Crippen LogP contribution in [-0.4, -0.2) is 43.4 Å². The van der Waals surface area contributed by atoms with Crippen LogP contribution in [0.1, 0.15) is 37.7 Å². The highest BCUT2D eigenvalue weighted by Gasteiger charge is 2.51. The largest absolute Gasteiger partial charge is 0.494 e. The summed E-state index contributed by atoms with van der Waals surface area (Å²) in [6.07, 6.45) is 6.47. The molecule has 10 heteroatoms. The Morgan fingerprint density at radius 3 is 2.48 bits per heavy atom. The third kappa shape index (κ3) is 3.45. The minimum absolute atomic E-state index is 0.165. The van der Waals surface area contributed by atoms with Crippen LogP contribution in [0.25, 0.3) is 16.6 Å². The van der Waals surface area contributed by atoms with Crippen molar-refractivity contribution >= 4 is 40.5 Å². The molecule has 9 nitrogen and oxygen atoms in total. The SMILES string of the molecule is O=C1NC2(CCCCC2)C(=O)N1N=Cc1c(O)n(-c2ccc(Cl)cn2)c(=O)c2ccccc12. The number of rotatable bonds is 3. The first kappa shape index (κ1) is 21.1. The van der Waals surface area contributed by atoms with Gasteiger partial charge >= 0.3 is 6.03 Å². The van der Waals surface area contributed by atoms with Gasteiger partial charge in [0.15, 0.2) is 0 Å². The molecule has 3 heterocycles. The van der Waals surface area contributed by atoms with Crippen LogP contribution in [0.2, 0.25) is 5.02 Å². The summed E-state index contributed by atoms with van der Waals surface area (Å²) in [5, 5.41) is 19.9. The van der Waals surface area contributed by atoms with Crippen LogP contribution in [0.4, 0.5) is 4.79 Å². The Balaban J connectivity index is 1.62. The van der Waals surface area contributed by atoms with Gasteiger partial charge in [-0.3, -0.25) is 9.59 Å². The number of aromatic hydroxyl groups is 1. The number of hydrogen-bond donors (Lipinski definition) is 2. The number of fused-ring (bicyclic) bond motifs is 1. The molecule has 2 aromatic heterocycles. The number of hydrogen-bond acceptors (Lipinski definition) is 6. The summed E-state index contributed by atoms with van der Waals surface area (Å²) in [5.74, 6) is -0.657. The second kappa shape index (κ2) is 8.00. The van der Waals surface area contributed by atoms with E-state index in [0.29, 0.717) is 28.6 Å². The van der Waals surface area contributed by atoms with E-state index in [4.69, 9.17) is 11.6 Å². The van der Waals surface area contributed by atoms with E-state index in [1.807, 2.05) is 0 Å². The van der Waals surface area contributed by atoms with Gasteiger partial charge in [-0.15, -0.1) is 5.01 Å². The molecule has 0 atom stereocenters. The number of amides is 3. The lowest BCUT2D eigenvalue weighted by molar-refractivity contribution is -0.132. The highest BCUT2D eigenvalue weighted by atomic mass is 35.5. The fourth-order valence-corrected chi connectivity index (χ4v) is 4.63. The predicted octanol–water partition coefficient (Wildman–Crippen LogP) is 3.33. The lowest BCUT2D eigenvalue weighted by atomic mass is 9.82. The molecule has 2 N–H and O–H groups in total. The molecule has 5 rings (SSSR count). The van der Waals surface area contributed by atoms with E-state index < -0.39 is 28.9 Å². The van der Waals surface area contributed by atoms with Crippen molar-refractivity contribution in [3.8, 4) is 11.7 Å². The number of imide groups is 1. The van der Waals surface area contributed by atoms with E-state index in [2.05, 4.69) is 15.4 Å². The molecule has 1 saturated heterocycles. The highest BCUT2D eigenvalue weighted by molar-refractivity contribution is 6.30. The molecule has 1 aliphatic carbocycles. The predicted molar refractivity (Wildman–Crippen MR) is 123 cm³/mol. The van der Waals surface area contributed by atoms with Crippen molar-refractivity contribution in [2.24, 2.45) is 5.10 Å². The van der Waals surface area contributed by atoms with Gasteiger partial charge in [-0.05, 0) is 31.0 Å². The Kier molecular flexibility index (Phi) is 5.13. The van der Waals surface area contributed by atoms with Gasteiger partial charge < -0.3 is 10.4 Å². The molecule has 3 amide bonds. The van der Waals surface area contributed by atoms with Gasteiger partial charge in [-0.25, -0.2) is 14.3 Å². The Bertz CT molecular complexity index is 1360. The highest BCUT2D eigenvalue weighted by Crippen LogP contribution is 2.34. The fourth-order valence-electron chi connectivity index (χ4n) is 4.52. The number of pyridine rings is 2. The molecule has 33 heavy (non-hydrogen) atoms. The number of carbonyl (C=O) groups is 2. The second-order valence-corrected chi connectivity index (χ2v) is 8.63. The van der Waals surface area contributed by atoms with Crippen molar-refractivity contribution in [1.29, 1.82) is 0 Å². The van der Waals surface area contributed by atoms with Crippen LogP contribution in [-0.2, 0) is 4.79 Å². The molecule has 0 radical (unpaired) electrons. The smallest absolute Gasteiger partial charge is 0.346 e. The number of carbonyl (C=O) groups excluding carboxylic acids is 2. The van der Waals surface area contributed by atoms with E-state index in [-0.39, 0.29) is 11.4 Å². The van der Waals surface area contributed by atoms with Crippen molar-refractivity contribution < 1.29 is 14.7 Å². The van der Waals surface area contributed by atoms with E-state index >= 15 is 0 Å². The standard InChI is InChI=1S/C23H20ClN5O4/c24-14-8-9-18(25-12-14)28-19(30)16-7-3-2-6-15(16)17(20(28)31)13-26-29-21(32)23(27-22(29)33)10-4-1-5-11-23/h2-3,6-9,12-13,31H,1,4-5,10-11H2,(H,27,33). The molecule has 2 fully saturated rings. The first-order valence-corrected chi connectivity index (χ1v) is 11.0. The summed E-state index contributed by atoms with van der Waals surface area (Å²) >= 11 is 5.91. The molecule has 1 spiro atoms. The van der Waals surface area contributed by atoms with Crippen LogP contribution >= 0.6 is 11.6 Å². The lowest BCUT2D eigenvalue weighted by Gasteiger charge is -2.29. The van der Waals surface area contributed by atoms with Crippen LogP contribution in [0.15, 0.2) is 52.5 Å². The van der Waals surface area contributed by atoms with Gasteiger partial charge in [0, 0.05) is 17.0 Å². The van der Waals surface area contributed by atoms with Crippen LogP contribution < -0.4 is 10.9 Å². The van der Waals surface area contributed by atoms with E-state index in [9.17, 15) is 19.5 Å². The first-order chi connectivity index (χ1) is 15.9. The van der Waals surface area contributed by atoms with E-state index in [1.54, 1.807) is 30.3 Å². The lowest BCUT2D eigenvalue weighted by Crippen LogP contribution is -2.48. The molecule has 1 saturated carbocycles. The second-order valence-electron chi connectivity index (χ2n) is 8.19. The number of nitrogens with one attached hydrogen (secondary N) is 1. The third-order valence-corrected chi connectivity index (χ3v) is 6.42. The maximum Gasteiger partial charge on any atom is 0.346 e. The average molecular weight is 466 g/mol. The number of benzene rings is 1. The maximum atomic E-state index is 13.1. The van der Waals surface area contributed by atoms with Gasteiger partial charge in [-0.2, -0.15) is 5.10 Å². The number of hydrazone groups is 1. The maximum absolute atomic E-state index is 13.1. The number of urea groups is 1. The molecule has 1 aliphatic heterocycles. The van der Waals surface area contributed by atoms with Crippen molar-refractivity contribution in [2.75, 3.05) is 0 Å². The molecule has 0 bridgehead atoms. The zero-order valence-corrected chi connectivity index (χ0v) is 18.2. The first-order valence-electron chi connectivity index (χ1n) is 10.6. The van der Waals surface area contributed by atoms with E-state index in [0.717, 1.165) is 28.8 Å². The zero-order valence-electron chi connectivity index (χ0n) is 17.5. The molecule has 168 valence electrons. The third-order valence-electron chi connectivity index (χ3n) is 6.19. The van der Waals surface area contributed by atoms with Crippen LogP contribution in [0.3, 0.4) is 0 Å². The monoisotopic (exact) mass is 465 g/mol. The van der Waals surface area contributed by atoms with E-state index in [1.165, 1.54) is 18.5 Å². The summed E-state index contributed by atoms with van der Waals surface area (Å²) in [6, 6.07) is 9.14. The molecular formula is C23H20ClN5O4. The number of aromatic nitrogens is 2. The summed E-state index contributed by atoms with van der Waals surface area (Å²) in [6.45, 7) is 0. The van der Waals surface area contributed by atoms with Gasteiger partial charge in [0.1, 0.15) is 11.4 Å². The quantitative estimate of drug-likeness (QED) is 0.454. The minimum Gasteiger partial charge on any atom is -0.494 e. The Hall–Kier alpha value is -3.72. The summed E-state index contributed by atoms with van der Waals surface area (Å²) in [4.78, 5) is 42.8. The molecule has 0 unspecified atom stereocenters. The van der Waals surface area contributed by atoms with Gasteiger partial charge in [0.2, 0.25) is 5.88 Å². The van der Waals surface area contributed by atoms with Crippen molar-refractivity contribution in [3.05, 3.63) is 63.5 Å². The number of halogens is 1. The Morgan fingerprint density at radius 2 is 1.79 bits per heavy atom. The summed E-state index contributed by atoms with van der Waals surface area (Å²) in [7, 11) is 0. The Morgan fingerprint density at radius 1 is 1.06 bits per heavy atom. The molecule has 2 aliphatic rings. The zero-order chi connectivity index (χ0) is 23.2. The minimum atomic E-state index is -0.914. The summed E-state index contributed by atoms with van der Waals surface area (Å²) < 4.78 is 1.04. The Labute approximate surface area is 193 Å². The number of nitrogens with zero attached hydrogens (tertiary/aromatic N) is 4. The van der Waals surface area contributed by atoms with Gasteiger partial charge in [0.25, 0.3) is 11.5 Å². The van der Waals surface area contributed by atoms with Crippen molar-refractivity contribution in [2.45, 2.75) is 37.6 Å². The average Bonchev–Trinajstić information content (AvgIpc) is 3.04. The van der Waals surface area contributed by atoms with Crippen LogP contribution in [0, 0.1) is 0 Å². The van der Waals surface area contributed by atoms with Crippen molar-refractivity contribution in [1.82, 2.24) is 19.9 Å². The molecule has 1 aromatic carbocycles. The summed E-state index contributed by atoms with van der Waals surface area (Å²) in [5.41, 5.74) is -1.22. The fraction of sp³-hybridized carbons (Fsp3) is 0.261. The van der Waals surface area contributed by atoms with Gasteiger partial charge in [0.05, 0.1) is 16.8 Å². The van der Waals surface area contributed by atoms with Crippen molar-refractivity contribution in [3.63, 3.8) is 0 Å².